The van der Waals surface area contributed by atoms with E-state index in [-0.39, 0.29) is 11.2 Å². The predicted octanol–water partition coefficient (Wildman–Crippen LogP) is 2.99. The number of hydrogen-bond acceptors (Lipinski definition) is 2. The molecule has 2 saturated heterocycles. The minimum Gasteiger partial charge on any atom is -0.317 e. The van der Waals surface area contributed by atoms with E-state index in [9.17, 15) is 4.39 Å². The van der Waals surface area contributed by atoms with Crippen molar-refractivity contribution in [2.75, 3.05) is 26.2 Å². The lowest BCUT2D eigenvalue weighted by Gasteiger charge is -2.36. The molecule has 20 heavy (non-hydrogen) atoms. The first-order valence-electron chi connectivity index (χ1n) is 8.03. The summed E-state index contributed by atoms with van der Waals surface area (Å²) in [6, 6.07) is 6.08. The van der Waals surface area contributed by atoms with E-state index >= 15 is 0 Å². The molecule has 2 fully saturated rings. The van der Waals surface area contributed by atoms with Crippen molar-refractivity contribution in [1.82, 2.24) is 10.2 Å². The van der Waals surface area contributed by atoms with Crippen molar-refractivity contribution in [2.24, 2.45) is 0 Å². The van der Waals surface area contributed by atoms with E-state index in [0.29, 0.717) is 6.04 Å². The van der Waals surface area contributed by atoms with Gasteiger partial charge in [0.25, 0.3) is 0 Å². The summed E-state index contributed by atoms with van der Waals surface area (Å²) in [5, 5.41) is 3.46. The van der Waals surface area contributed by atoms with E-state index < -0.39 is 0 Å². The third-order valence-corrected chi connectivity index (χ3v) is 5.67. The Kier molecular flexibility index (Phi) is 3.08. The topological polar surface area (TPSA) is 15.3 Å². The Morgan fingerprint density at radius 2 is 1.90 bits per heavy atom. The molecule has 0 amide bonds. The average molecular weight is 274 g/mol. The molecule has 2 heterocycles. The Morgan fingerprint density at radius 1 is 1.15 bits per heavy atom. The van der Waals surface area contributed by atoms with Crippen molar-refractivity contribution in [1.29, 1.82) is 0 Å². The van der Waals surface area contributed by atoms with Gasteiger partial charge >= 0.3 is 0 Å². The Labute approximate surface area is 120 Å². The Morgan fingerprint density at radius 3 is 2.65 bits per heavy atom. The van der Waals surface area contributed by atoms with Crippen LogP contribution in [0.15, 0.2) is 18.2 Å². The molecule has 1 spiro atoms. The summed E-state index contributed by atoms with van der Waals surface area (Å²) in [7, 11) is 0. The van der Waals surface area contributed by atoms with Gasteiger partial charge in [-0.05, 0) is 87.0 Å². The van der Waals surface area contributed by atoms with Crippen LogP contribution in [0.5, 0.6) is 0 Å². The van der Waals surface area contributed by atoms with Gasteiger partial charge in [-0.2, -0.15) is 0 Å². The van der Waals surface area contributed by atoms with E-state index in [1.54, 1.807) is 6.07 Å². The second-order valence-corrected chi connectivity index (χ2v) is 6.72. The number of nitrogens with one attached hydrogen (secondary N) is 1. The Hall–Kier alpha value is -0.930. The van der Waals surface area contributed by atoms with Crippen molar-refractivity contribution in [3.8, 4) is 0 Å². The third-order valence-electron chi connectivity index (χ3n) is 5.67. The fourth-order valence-corrected chi connectivity index (χ4v) is 4.63. The second-order valence-electron chi connectivity index (χ2n) is 6.72. The molecule has 1 atom stereocenters. The van der Waals surface area contributed by atoms with E-state index in [0.717, 1.165) is 25.9 Å². The van der Waals surface area contributed by atoms with Gasteiger partial charge in [-0.1, -0.05) is 6.07 Å². The highest BCUT2D eigenvalue weighted by molar-refractivity contribution is 5.43. The third kappa shape index (κ3) is 1.91. The second kappa shape index (κ2) is 4.81. The van der Waals surface area contributed by atoms with Gasteiger partial charge in [-0.3, -0.25) is 4.90 Å². The van der Waals surface area contributed by atoms with Gasteiger partial charge in [0.05, 0.1) is 0 Å². The van der Waals surface area contributed by atoms with Gasteiger partial charge in [0.1, 0.15) is 5.82 Å². The monoisotopic (exact) mass is 274 g/mol. The molecule has 3 heteroatoms. The Bertz CT molecular complexity index is 502. The van der Waals surface area contributed by atoms with Crippen molar-refractivity contribution >= 4 is 0 Å². The zero-order chi connectivity index (χ0) is 13.6. The highest BCUT2D eigenvalue weighted by Crippen LogP contribution is 2.52. The Balaban J connectivity index is 1.75. The number of hydrogen-bond donors (Lipinski definition) is 1. The number of benzene rings is 1. The lowest BCUT2D eigenvalue weighted by molar-refractivity contribution is 0.195. The molecule has 2 nitrogen and oxygen atoms in total. The zero-order valence-electron chi connectivity index (χ0n) is 12.0. The first kappa shape index (κ1) is 12.8. The number of fused-ring (bicyclic) bond motifs is 2. The van der Waals surface area contributed by atoms with Crippen LogP contribution in [0.1, 0.15) is 49.3 Å². The molecular weight excluding hydrogens is 251 g/mol. The molecule has 3 aliphatic rings. The van der Waals surface area contributed by atoms with E-state index in [4.69, 9.17) is 0 Å². The molecule has 1 aliphatic carbocycles. The largest absolute Gasteiger partial charge is 0.317 e. The lowest BCUT2D eigenvalue weighted by Crippen LogP contribution is -2.39. The summed E-state index contributed by atoms with van der Waals surface area (Å²) in [6.07, 6.45) is 6.16. The standard InChI is InChI=1S/C17H23FN2/c18-13-3-4-14-15(11-13)17(5-7-19-8-6-17)12-16(14)20-9-1-2-10-20/h3-4,11,16,19H,1-2,5-10,12H2/t16-/m0/s1. The fourth-order valence-electron chi connectivity index (χ4n) is 4.63. The first-order valence-corrected chi connectivity index (χ1v) is 8.03. The van der Waals surface area contributed by atoms with Crippen LogP contribution in [-0.2, 0) is 5.41 Å². The molecule has 1 aromatic rings. The average Bonchev–Trinajstić information content (AvgIpc) is 3.08. The van der Waals surface area contributed by atoms with Gasteiger partial charge in [0.2, 0.25) is 0 Å². The van der Waals surface area contributed by atoms with Crippen LogP contribution in [0.2, 0.25) is 0 Å². The quantitative estimate of drug-likeness (QED) is 0.847. The molecule has 0 saturated carbocycles. The summed E-state index contributed by atoms with van der Waals surface area (Å²) in [5.41, 5.74) is 2.96. The van der Waals surface area contributed by atoms with Crippen molar-refractivity contribution < 1.29 is 4.39 Å². The smallest absolute Gasteiger partial charge is 0.123 e. The summed E-state index contributed by atoms with van der Waals surface area (Å²) < 4.78 is 13.8. The SMILES string of the molecule is Fc1ccc2c(c1)C1(CCNCC1)C[C@@H]2N1CCCC1. The van der Waals surface area contributed by atoms with Gasteiger partial charge < -0.3 is 5.32 Å². The minimum atomic E-state index is -0.0660. The van der Waals surface area contributed by atoms with E-state index in [1.807, 2.05) is 6.07 Å². The minimum absolute atomic E-state index is 0.0660. The van der Waals surface area contributed by atoms with Gasteiger partial charge in [-0.25, -0.2) is 4.39 Å². The molecule has 4 rings (SSSR count). The number of rotatable bonds is 1. The van der Waals surface area contributed by atoms with E-state index in [1.165, 1.54) is 43.5 Å². The van der Waals surface area contributed by atoms with Crippen LogP contribution < -0.4 is 5.32 Å². The molecule has 1 N–H and O–H groups in total. The lowest BCUT2D eigenvalue weighted by atomic mass is 9.74. The van der Waals surface area contributed by atoms with Crippen LogP contribution >= 0.6 is 0 Å². The van der Waals surface area contributed by atoms with Crippen LogP contribution in [0.3, 0.4) is 0 Å². The van der Waals surface area contributed by atoms with E-state index in [2.05, 4.69) is 16.3 Å². The van der Waals surface area contributed by atoms with Crippen LogP contribution in [0, 0.1) is 5.82 Å². The molecule has 2 aliphatic heterocycles. The molecule has 0 bridgehead atoms. The van der Waals surface area contributed by atoms with Crippen LogP contribution in [-0.4, -0.2) is 31.1 Å². The van der Waals surface area contributed by atoms with Crippen molar-refractivity contribution in [2.45, 2.75) is 43.6 Å². The highest BCUT2D eigenvalue weighted by atomic mass is 19.1. The first-order chi connectivity index (χ1) is 9.78. The normalized spacial score (nSPS) is 28.9. The van der Waals surface area contributed by atoms with Crippen LogP contribution in [0.25, 0.3) is 0 Å². The summed E-state index contributed by atoms with van der Waals surface area (Å²) >= 11 is 0. The number of piperidine rings is 1. The summed E-state index contributed by atoms with van der Waals surface area (Å²) in [6.45, 7) is 4.58. The van der Waals surface area contributed by atoms with Gasteiger partial charge in [0, 0.05) is 6.04 Å². The number of halogens is 1. The molecular formula is C17H23FN2. The number of nitrogens with zero attached hydrogens (tertiary/aromatic N) is 1. The van der Waals surface area contributed by atoms with Gasteiger partial charge in [-0.15, -0.1) is 0 Å². The number of likely N-dealkylation sites (tertiary alicyclic amines) is 1. The molecule has 1 aromatic carbocycles. The maximum Gasteiger partial charge on any atom is 0.123 e. The summed E-state index contributed by atoms with van der Waals surface area (Å²) in [4.78, 5) is 2.63. The molecule has 108 valence electrons. The van der Waals surface area contributed by atoms with Crippen molar-refractivity contribution in [3.63, 3.8) is 0 Å². The van der Waals surface area contributed by atoms with Crippen molar-refractivity contribution in [3.05, 3.63) is 35.1 Å². The maximum atomic E-state index is 13.8. The summed E-state index contributed by atoms with van der Waals surface area (Å²) in [5.74, 6) is -0.0660. The van der Waals surface area contributed by atoms with Crippen LogP contribution in [0.4, 0.5) is 4.39 Å². The fraction of sp³-hybridized carbons (Fsp3) is 0.647. The highest BCUT2D eigenvalue weighted by Gasteiger charge is 2.46. The zero-order valence-corrected chi connectivity index (χ0v) is 12.0. The predicted molar refractivity (Wildman–Crippen MR) is 78.3 cm³/mol. The molecule has 0 aromatic heterocycles. The molecule has 0 unspecified atom stereocenters. The van der Waals surface area contributed by atoms with Gasteiger partial charge in [0.15, 0.2) is 0 Å². The molecule has 0 radical (unpaired) electrons. The maximum absolute atomic E-state index is 13.8.